The standard InChI is InChI=1S/C24H28N4O3S/c1-16-4-5-18-13-19(32-20(18)12-16)15-27-9-3-6-24(27)7-10-26(11-8-24)23(31)28-14-17(2)21(25-28)22(29)30/h4-5,12-14H,3,6-11,15H2,1-2H3,(H,29,30). The third-order valence-electron chi connectivity index (χ3n) is 7.07. The first-order chi connectivity index (χ1) is 15.3. The summed E-state index contributed by atoms with van der Waals surface area (Å²) < 4.78 is 2.53. The summed E-state index contributed by atoms with van der Waals surface area (Å²) in [5.41, 5.74) is 1.88. The van der Waals surface area contributed by atoms with Gasteiger partial charge in [-0.05, 0) is 69.2 Å². The zero-order valence-corrected chi connectivity index (χ0v) is 19.3. The topological polar surface area (TPSA) is 78.7 Å². The maximum atomic E-state index is 12.9. The molecular weight excluding hydrogens is 424 g/mol. The first-order valence-corrected chi connectivity index (χ1v) is 12.0. The number of carbonyl (C=O) groups excluding carboxylic acids is 1. The van der Waals surface area contributed by atoms with Crippen molar-refractivity contribution in [2.75, 3.05) is 19.6 Å². The van der Waals surface area contributed by atoms with Crippen molar-refractivity contribution in [1.29, 1.82) is 0 Å². The molecular formula is C24H28N4O3S. The number of thiophene rings is 1. The van der Waals surface area contributed by atoms with Crippen LogP contribution >= 0.6 is 11.3 Å². The summed E-state index contributed by atoms with van der Waals surface area (Å²) in [7, 11) is 0. The van der Waals surface area contributed by atoms with E-state index >= 15 is 0 Å². The number of nitrogens with zero attached hydrogens (tertiary/aromatic N) is 4. The summed E-state index contributed by atoms with van der Waals surface area (Å²) in [6, 6.07) is 8.73. The zero-order chi connectivity index (χ0) is 22.5. The predicted octanol–water partition coefficient (Wildman–Crippen LogP) is 4.51. The molecule has 5 rings (SSSR count). The van der Waals surface area contributed by atoms with E-state index in [4.69, 9.17) is 0 Å². The molecule has 2 fully saturated rings. The molecule has 0 atom stereocenters. The Labute approximate surface area is 191 Å². The third-order valence-corrected chi connectivity index (χ3v) is 8.16. The molecule has 0 radical (unpaired) electrons. The molecule has 8 heteroatoms. The number of benzene rings is 1. The minimum absolute atomic E-state index is 0.0627. The van der Waals surface area contributed by atoms with Gasteiger partial charge < -0.3 is 10.0 Å². The number of carboxylic acids is 1. The largest absolute Gasteiger partial charge is 0.476 e. The lowest BCUT2D eigenvalue weighted by atomic mass is 9.85. The molecule has 0 unspecified atom stereocenters. The van der Waals surface area contributed by atoms with Gasteiger partial charge in [-0.25, -0.2) is 9.59 Å². The predicted molar refractivity (Wildman–Crippen MR) is 124 cm³/mol. The molecule has 1 aromatic carbocycles. The van der Waals surface area contributed by atoms with E-state index in [9.17, 15) is 14.7 Å². The van der Waals surface area contributed by atoms with Gasteiger partial charge in [-0.1, -0.05) is 12.1 Å². The Kier molecular flexibility index (Phi) is 5.29. The lowest BCUT2D eigenvalue weighted by Gasteiger charge is -2.44. The van der Waals surface area contributed by atoms with Gasteiger partial charge in [-0.3, -0.25) is 4.90 Å². The highest BCUT2D eigenvalue weighted by Gasteiger charge is 2.44. The van der Waals surface area contributed by atoms with Gasteiger partial charge in [0.05, 0.1) is 0 Å². The summed E-state index contributed by atoms with van der Waals surface area (Å²) in [6.07, 6.45) is 5.76. The van der Waals surface area contributed by atoms with Gasteiger partial charge in [-0.15, -0.1) is 11.3 Å². The molecule has 2 aliphatic rings. The van der Waals surface area contributed by atoms with E-state index in [0.29, 0.717) is 18.7 Å². The maximum absolute atomic E-state index is 12.9. The number of likely N-dealkylation sites (tertiary alicyclic amines) is 2. The van der Waals surface area contributed by atoms with Crippen LogP contribution in [-0.2, 0) is 6.54 Å². The first-order valence-electron chi connectivity index (χ1n) is 11.2. The summed E-state index contributed by atoms with van der Waals surface area (Å²) in [6.45, 7) is 7.20. The number of hydrogen-bond acceptors (Lipinski definition) is 5. The molecule has 0 aliphatic carbocycles. The lowest BCUT2D eigenvalue weighted by Crippen LogP contribution is -2.53. The van der Waals surface area contributed by atoms with Gasteiger partial charge in [0.2, 0.25) is 0 Å². The average Bonchev–Trinajstić information content (AvgIpc) is 3.45. The van der Waals surface area contributed by atoms with Crippen molar-refractivity contribution in [1.82, 2.24) is 19.6 Å². The van der Waals surface area contributed by atoms with E-state index in [-0.39, 0.29) is 17.3 Å². The SMILES string of the molecule is Cc1ccc2cc(CN3CCCC34CCN(C(=O)n3cc(C)c(C(=O)O)n3)CC4)sc2c1. The third kappa shape index (κ3) is 3.71. The van der Waals surface area contributed by atoms with E-state index in [1.807, 2.05) is 16.2 Å². The highest BCUT2D eigenvalue weighted by Crippen LogP contribution is 2.40. The minimum atomic E-state index is -1.11. The Bertz CT molecular complexity index is 1190. The van der Waals surface area contributed by atoms with Crippen LogP contribution in [0.3, 0.4) is 0 Å². The van der Waals surface area contributed by atoms with Crippen LogP contribution in [0.4, 0.5) is 4.79 Å². The van der Waals surface area contributed by atoms with Crippen LogP contribution in [0.25, 0.3) is 10.1 Å². The van der Waals surface area contributed by atoms with Crippen molar-refractivity contribution >= 4 is 33.4 Å². The van der Waals surface area contributed by atoms with Crippen LogP contribution in [0, 0.1) is 13.8 Å². The molecule has 2 saturated heterocycles. The number of piperidine rings is 1. The van der Waals surface area contributed by atoms with Gasteiger partial charge in [-0.2, -0.15) is 9.78 Å². The number of carboxylic acid groups (broad SMARTS) is 1. The second-order valence-electron chi connectivity index (χ2n) is 9.18. The summed E-state index contributed by atoms with van der Waals surface area (Å²) in [4.78, 5) is 30.0. The highest BCUT2D eigenvalue weighted by molar-refractivity contribution is 7.19. The van der Waals surface area contributed by atoms with Crippen LogP contribution in [0.1, 0.15) is 52.2 Å². The second kappa shape index (κ2) is 8.01. The number of aromatic nitrogens is 2. The molecule has 3 aromatic rings. The Hall–Kier alpha value is -2.71. The highest BCUT2D eigenvalue weighted by atomic mass is 32.1. The quantitative estimate of drug-likeness (QED) is 0.633. The number of amides is 1. The zero-order valence-electron chi connectivity index (χ0n) is 18.5. The summed E-state index contributed by atoms with van der Waals surface area (Å²) in [5.74, 6) is -1.11. The number of aromatic carboxylic acids is 1. The van der Waals surface area contributed by atoms with Crippen molar-refractivity contribution in [2.45, 2.75) is 51.6 Å². The van der Waals surface area contributed by atoms with Crippen LogP contribution < -0.4 is 0 Å². The maximum Gasteiger partial charge on any atom is 0.356 e. The molecule has 0 saturated carbocycles. The van der Waals surface area contributed by atoms with Gasteiger partial charge in [0.1, 0.15) is 0 Å². The van der Waals surface area contributed by atoms with E-state index in [1.165, 1.54) is 44.2 Å². The Morgan fingerprint density at radius 2 is 1.91 bits per heavy atom. The number of aryl methyl sites for hydroxylation is 2. The van der Waals surface area contributed by atoms with Crippen molar-refractivity contribution in [3.63, 3.8) is 0 Å². The average molecular weight is 453 g/mol. The van der Waals surface area contributed by atoms with Crippen LogP contribution in [0.15, 0.2) is 30.5 Å². The smallest absolute Gasteiger partial charge is 0.356 e. The number of carbonyl (C=O) groups is 2. The fourth-order valence-electron chi connectivity index (χ4n) is 5.30. The van der Waals surface area contributed by atoms with E-state index in [1.54, 1.807) is 6.92 Å². The van der Waals surface area contributed by atoms with Crippen molar-refractivity contribution in [3.05, 3.63) is 52.2 Å². The Balaban J connectivity index is 1.27. The Morgan fingerprint density at radius 1 is 1.12 bits per heavy atom. The molecule has 1 N–H and O–H groups in total. The molecule has 4 heterocycles. The second-order valence-corrected chi connectivity index (χ2v) is 10.4. The molecule has 2 aromatic heterocycles. The van der Waals surface area contributed by atoms with Gasteiger partial charge in [0, 0.05) is 46.5 Å². The number of fused-ring (bicyclic) bond motifs is 1. The summed E-state index contributed by atoms with van der Waals surface area (Å²) >= 11 is 1.89. The minimum Gasteiger partial charge on any atom is -0.476 e. The molecule has 1 spiro atoms. The summed E-state index contributed by atoms with van der Waals surface area (Å²) in [5, 5.41) is 14.5. The van der Waals surface area contributed by atoms with Crippen LogP contribution in [0.2, 0.25) is 0 Å². The molecule has 32 heavy (non-hydrogen) atoms. The lowest BCUT2D eigenvalue weighted by molar-refractivity contribution is 0.0591. The molecule has 7 nitrogen and oxygen atoms in total. The van der Waals surface area contributed by atoms with Crippen LogP contribution in [0.5, 0.6) is 0 Å². The van der Waals surface area contributed by atoms with E-state index in [0.717, 1.165) is 25.9 Å². The van der Waals surface area contributed by atoms with Gasteiger partial charge >= 0.3 is 12.0 Å². The molecule has 168 valence electrons. The molecule has 1 amide bonds. The van der Waals surface area contributed by atoms with Crippen molar-refractivity contribution in [3.8, 4) is 0 Å². The van der Waals surface area contributed by atoms with E-state index in [2.05, 4.69) is 41.2 Å². The van der Waals surface area contributed by atoms with Crippen molar-refractivity contribution in [2.24, 2.45) is 0 Å². The normalized spacial score (nSPS) is 18.6. The van der Waals surface area contributed by atoms with Gasteiger partial charge in [0.15, 0.2) is 5.69 Å². The van der Waals surface area contributed by atoms with Crippen molar-refractivity contribution < 1.29 is 14.7 Å². The Morgan fingerprint density at radius 3 is 2.62 bits per heavy atom. The van der Waals surface area contributed by atoms with Crippen LogP contribution in [-0.4, -0.2) is 61.9 Å². The first kappa shape index (κ1) is 21.2. The van der Waals surface area contributed by atoms with Gasteiger partial charge in [0.25, 0.3) is 0 Å². The number of rotatable bonds is 3. The number of hydrogen-bond donors (Lipinski definition) is 1. The molecule has 2 aliphatic heterocycles. The monoisotopic (exact) mass is 452 g/mol. The fourth-order valence-corrected chi connectivity index (χ4v) is 6.47. The molecule has 0 bridgehead atoms. The fraction of sp³-hybridized carbons (Fsp3) is 0.458. The van der Waals surface area contributed by atoms with E-state index < -0.39 is 5.97 Å².